The molecule has 0 amide bonds. The first-order valence-electron chi connectivity index (χ1n) is 16.5. The van der Waals surface area contributed by atoms with E-state index in [1.807, 2.05) is 0 Å². The van der Waals surface area contributed by atoms with Gasteiger partial charge in [-0.25, -0.2) is 0 Å². The van der Waals surface area contributed by atoms with Crippen molar-refractivity contribution in [2.45, 2.75) is 6.92 Å². The first kappa shape index (κ1) is 26.9. The van der Waals surface area contributed by atoms with Crippen LogP contribution in [0.15, 0.2) is 170 Å². The van der Waals surface area contributed by atoms with Gasteiger partial charge in [-0.2, -0.15) is 0 Å². The van der Waals surface area contributed by atoms with Crippen LogP contribution in [0.2, 0.25) is 0 Å². The number of nitrogens with zero attached hydrogens (tertiary/aromatic N) is 3. The second-order valence-electron chi connectivity index (χ2n) is 12.6. The summed E-state index contributed by atoms with van der Waals surface area (Å²) in [6.07, 6.45) is 0. The van der Waals surface area contributed by atoms with Gasteiger partial charge in [0, 0.05) is 38.6 Å². The van der Waals surface area contributed by atoms with Crippen molar-refractivity contribution in [2.24, 2.45) is 0 Å². The summed E-state index contributed by atoms with van der Waals surface area (Å²) in [5.41, 5.74) is 14.5. The van der Waals surface area contributed by atoms with Crippen molar-refractivity contribution < 1.29 is 0 Å². The molecule has 48 heavy (non-hydrogen) atoms. The smallest absolute Gasteiger partial charge is 0.0803 e. The van der Waals surface area contributed by atoms with Crippen LogP contribution < -0.4 is 0 Å². The number of fused-ring (bicyclic) bond motifs is 8. The Morgan fingerprint density at radius 3 is 1.65 bits per heavy atom. The molecule has 0 unspecified atom stereocenters. The van der Waals surface area contributed by atoms with Crippen molar-refractivity contribution in [3.8, 4) is 33.8 Å². The lowest BCUT2D eigenvalue weighted by Crippen LogP contribution is -1.96. The molecule has 0 radical (unpaired) electrons. The predicted molar refractivity (Wildman–Crippen MR) is 202 cm³/mol. The molecule has 0 saturated heterocycles. The van der Waals surface area contributed by atoms with Gasteiger partial charge in [0.2, 0.25) is 0 Å². The molecule has 0 atom stereocenters. The molecule has 3 heteroatoms. The zero-order chi connectivity index (χ0) is 31.8. The number of hydrogen-bond donors (Lipinski definition) is 0. The van der Waals surface area contributed by atoms with E-state index in [1.54, 1.807) is 0 Å². The van der Waals surface area contributed by atoms with Crippen molar-refractivity contribution in [2.75, 3.05) is 0 Å². The minimum absolute atomic E-state index is 1.16. The fraction of sp³-hybridized carbons (Fsp3) is 0.0222. The zero-order valence-corrected chi connectivity index (χ0v) is 26.5. The van der Waals surface area contributed by atoms with E-state index in [9.17, 15) is 0 Å². The normalized spacial score (nSPS) is 11.9. The van der Waals surface area contributed by atoms with E-state index in [0.29, 0.717) is 0 Å². The highest BCUT2D eigenvalue weighted by molar-refractivity contribution is 6.21. The van der Waals surface area contributed by atoms with Gasteiger partial charge in [0.05, 0.1) is 33.3 Å². The Labute approximate surface area is 278 Å². The molecule has 0 fully saturated rings. The Hall–Kier alpha value is -6.32. The number of aromatic nitrogens is 3. The summed E-state index contributed by atoms with van der Waals surface area (Å²) in [7, 11) is 0. The Morgan fingerprint density at radius 2 is 0.938 bits per heavy atom. The first-order valence-corrected chi connectivity index (χ1v) is 16.5. The standard InChI is InChI=1S/C45H31N3/c1-30-13-12-22-42-45-43(44(46(30)42)32-14-4-2-5-15-32)38-29-33(25-28-41(38)48(45)34-16-6-3-7-17-34)31-23-26-35(27-24-31)47-39-20-10-8-18-36(39)37-19-9-11-21-40(37)47/h2-29H,1H3. The SMILES string of the molecule is Cc1cccc2c3c(c(-c4ccccc4)n12)c1cc(-c2ccc(-n4c5ccccc5c5ccccc54)cc2)ccc1n3-c1ccccc1. The molecular formula is C45H31N3. The molecule has 10 aromatic rings. The van der Waals surface area contributed by atoms with Gasteiger partial charge < -0.3 is 13.5 Å². The number of aryl methyl sites for hydroxylation is 1. The van der Waals surface area contributed by atoms with Crippen molar-refractivity contribution in [1.29, 1.82) is 0 Å². The molecule has 10 rings (SSSR count). The lowest BCUT2D eigenvalue weighted by atomic mass is 10.0. The van der Waals surface area contributed by atoms with Crippen LogP contribution >= 0.6 is 0 Å². The molecule has 0 spiro atoms. The van der Waals surface area contributed by atoms with Crippen LogP contribution in [0, 0.1) is 6.92 Å². The van der Waals surface area contributed by atoms with Crippen LogP contribution in [0.4, 0.5) is 0 Å². The Morgan fingerprint density at radius 1 is 0.375 bits per heavy atom. The highest BCUT2D eigenvalue weighted by atomic mass is 15.0. The lowest BCUT2D eigenvalue weighted by molar-refractivity contribution is 1.10. The Kier molecular flexibility index (Phi) is 5.79. The van der Waals surface area contributed by atoms with Gasteiger partial charge in [0.25, 0.3) is 0 Å². The van der Waals surface area contributed by atoms with E-state index < -0.39 is 0 Å². The van der Waals surface area contributed by atoms with E-state index in [4.69, 9.17) is 0 Å². The van der Waals surface area contributed by atoms with Gasteiger partial charge in [-0.3, -0.25) is 0 Å². The van der Waals surface area contributed by atoms with Crippen LogP contribution in [0.5, 0.6) is 0 Å². The average Bonchev–Trinajstić information content (AvgIpc) is 3.79. The highest BCUT2D eigenvalue weighted by Gasteiger charge is 2.24. The van der Waals surface area contributed by atoms with Crippen molar-refractivity contribution >= 4 is 49.1 Å². The van der Waals surface area contributed by atoms with Crippen molar-refractivity contribution in [3.63, 3.8) is 0 Å². The van der Waals surface area contributed by atoms with E-state index in [0.717, 1.165) is 11.4 Å². The number of hydrogen-bond acceptors (Lipinski definition) is 0. The summed E-state index contributed by atoms with van der Waals surface area (Å²) >= 11 is 0. The zero-order valence-electron chi connectivity index (χ0n) is 26.5. The monoisotopic (exact) mass is 613 g/mol. The van der Waals surface area contributed by atoms with Crippen molar-refractivity contribution in [1.82, 2.24) is 13.5 Å². The second kappa shape index (κ2) is 10.3. The minimum Gasteiger partial charge on any atom is -0.311 e. The lowest BCUT2D eigenvalue weighted by Gasteiger charge is -2.12. The molecule has 0 N–H and O–H groups in total. The molecule has 4 aromatic heterocycles. The molecule has 6 aromatic carbocycles. The van der Waals surface area contributed by atoms with E-state index in [2.05, 4.69) is 190 Å². The first-order chi connectivity index (χ1) is 23.8. The summed E-state index contributed by atoms with van der Waals surface area (Å²) in [5, 5.41) is 5.08. The summed E-state index contributed by atoms with van der Waals surface area (Å²) in [5.74, 6) is 0. The molecule has 4 heterocycles. The average molecular weight is 614 g/mol. The third-order valence-corrected chi connectivity index (χ3v) is 9.96. The summed E-state index contributed by atoms with van der Waals surface area (Å²) < 4.78 is 7.26. The fourth-order valence-electron chi connectivity index (χ4n) is 7.88. The molecule has 226 valence electrons. The molecule has 0 aliphatic carbocycles. The van der Waals surface area contributed by atoms with Crippen LogP contribution in [0.1, 0.15) is 5.69 Å². The van der Waals surface area contributed by atoms with Crippen molar-refractivity contribution in [3.05, 3.63) is 176 Å². The summed E-state index contributed by atoms with van der Waals surface area (Å²) in [4.78, 5) is 0. The largest absolute Gasteiger partial charge is 0.311 e. The van der Waals surface area contributed by atoms with Gasteiger partial charge >= 0.3 is 0 Å². The number of rotatable bonds is 4. The number of benzene rings is 6. The maximum absolute atomic E-state index is 2.45. The third kappa shape index (κ3) is 3.82. The summed E-state index contributed by atoms with van der Waals surface area (Å²) in [6.45, 7) is 2.21. The highest BCUT2D eigenvalue weighted by Crippen LogP contribution is 2.44. The van der Waals surface area contributed by atoms with E-state index in [1.165, 1.54) is 77.2 Å². The molecule has 0 saturated carbocycles. The fourth-order valence-corrected chi connectivity index (χ4v) is 7.88. The van der Waals surface area contributed by atoms with Crippen LogP contribution in [0.3, 0.4) is 0 Å². The van der Waals surface area contributed by atoms with Crippen LogP contribution in [-0.2, 0) is 0 Å². The predicted octanol–water partition coefficient (Wildman–Crippen LogP) is 11.8. The maximum Gasteiger partial charge on any atom is 0.0803 e. The minimum atomic E-state index is 1.16. The quantitative estimate of drug-likeness (QED) is 0.188. The molecule has 3 nitrogen and oxygen atoms in total. The van der Waals surface area contributed by atoms with Gasteiger partial charge in [-0.1, -0.05) is 109 Å². The maximum atomic E-state index is 2.45. The van der Waals surface area contributed by atoms with Gasteiger partial charge in [0.1, 0.15) is 0 Å². The Bertz CT molecular complexity index is 2760. The van der Waals surface area contributed by atoms with E-state index >= 15 is 0 Å². The van der Waals surface area contributed by atoms with Crippen LogP contribution in [0.25, 0.3) is 82.9 Å². The Balaban J connectivity index is 1.22. The van der Waals surface area contributed by atoms with E-state index in [-0.39, 0.29) is 0 Å². The molecular weight excluding hydrogens is 583 g/mol. The summed E-state index contributed by atoms with van der Waals surface area (Å²) in [6, 6.07) is 61.6. The number of para-hydroxylation sites is 3. The molecule has 0 aliphatic rings. The van der Waals surface area contributed by atoms with Crippen LogP contribution in [-0.4, -0.2) is 13.5 Å². The van der Waals surface area contributed by atoms with Gasteiger partial charge in [-0.05, 0) is 84.3 Å². The third-order valence-electron chi connectivity index (χ3n) is 9.96. The molecule has 0 aliphatic heterocycles. The molecule has 0 bridgehead atoms. The second-order valence-corrected chi connectivity index (χ2v) is 12.6. The topological polar surface area (TPSA) is 14.3 Å². The van der Waals surface area contributed by atoms with Gasteiger partial charge in [-0.15, -0.1) is 0 Å². The van der Waals surface area contributed by atoms with Gasteiger partial charge in [0.15, 0.2) is 0 Å². The number of pyridine rings is 1.